The molecule has 1 aromatic carbocycles. The number of benzene rings is 1. The number of hydrogen-bond acceptors (Lipinski definition) is 4. The van der Waals surface area contributed by atoms with E-state index in [-0.39, 0.29) is 17.9 Å². The smallest absolute Gasteiger partial charge is 0.239 e. The largest absolute Gasteiger partial charge is 0.351 e. The van der Waals surface area contributed by atoms with Crippen LogP contribution in [-0.4, -0.2) is 78.4 Å². The van der Waals surface area contributed by atoms with Crippen molar-refractivity contribution in [2.45, 2.75) is 39.8 Å². The molecule has 6 nitrogen and oxygen atoms in total. The van der Waals surface area contributed by atoms with E-state index in [1.165, 1.54) is 6.42 Å². The Labute approximate surface area is 175 Å². The molecule has 0 spiro atoms. The lowest BCUT2D eigenvalue weighted by Gasteiger charge is -2.41. The summed E-state index contributed by atoms with van der Waals surface area (Å²) < 4.78 is 0. The third kappa shape index (κ3) is 6.28. The Morgan fingerprint density at radius 2 is 1.66 bits per heavy atom. The van der Waals surface area contributed by atoms with Crippen LogP contribution in [0.1, 0.15) is 32.8 Å². The first kappa shape index (κ1) is 21.8. The average Bonchev–Trinajstić information content (AvgIpc) is 2.72. The highest BCUT2D eigenvalue weighted by Gasteiger charge is 2.32. The molecule has 2 saturated heterocycles. The molecule has 0 aliphatic carbocycles. The third-order valence-electron chi connectivity index (χ3n) is 6.19. The van der Waals surface area contributed by atoms with Gasteiger partial charge in [0.05, 0.1) is 12.6 Å². The minimum absolute atomic E-state index is 0.0581. The number of carbonyl (C=O) groups is 2. The summed E-state index contributed by atoms with van der Waals surface area (Å²) in [4.78, 5) is 31.7. The van der Waals surface area contributed by atoms with E-state index in [0.717, 1.165) is 44.8 Å². The molecular formula is C23H36N4O2. The number of carbonyl (C=O) groups excluding carboxylic acids is 2. The molecule has 2 fully saturated rings. The lowest BCUT2D eigenvalue weighted by Crippen LogP contribution is -2.57. The van der Waals surface area contributed by atoms with E-state index < -0.39 is 0 Å². The van der Waals surface area contributed by atoms with E-state index in [1.807, 2.05) is 37.3 Å². The highest BCUT2D eigenvalue weighted by Crippen LogP contribution is 2.22. The van der Waals surface area contributed by atoms with Gasteiger partial charge < -0.3 is 10.2 Å². The minimum atomic E-state index is -0.0819. The fourth-order valence-electron chi connectivity index (χ4n) is 4.63. The number of likely N-dealkylation sites (tertiary alicyclic amines) is 1. The molecule has 0 bridgehead atoms. The van der Waals surface area contributed by atoms with Crippen molar-refractivity contribution in [1.82, 2.24) is 20.0 Å². The molecule has 2 heterocycles. The molecule has 160 valence electrons. The lowest BCUT2D eigenvalue weighted by atomic mass is 9.91. The fraction of sp³-hybridized carbons (Fsp3) is 0.652. The maximum atomic E-state index is 13.0. The first-order chi connectivity index (χ1) is 13.9. The van der Waals surface area contributed by atoms with Crippen molar-refractivity contribution in [2.24, 2.45) is 11.8 Å². The molecule has 0 aromatic heterocycles. The van der Waals surface area contributed by atoms with Crippen LogP contribution in [0.2, 0.25) is 0 Å². The van der Waals surface area contributed by atoms with Crippen LogP contribution in [0.4, 0.5) is 0 Å². The van der Waals surface area contributed by atoms with Crippen molar-refractivity contribution in [1.29, 1.82) is 0 Å². The lowest BCUT2D eigenvalue weighted by molar-refractivity contribution is -0.140. The van der Waals surface area contributed by atoms with Crippen LogP contribution in [0.15, 0.2) is 30.3 Å². The standard InChI is InChI=1S/C23H36N4O2/c1-18-13-19(2)16-27(15-18)23(29)20(3)26-11-9-25(10-12-26)17-22(28)24-14-21-7-5-4-6-8-21/h4-8,18-20H,9-17H2,1-3H3,(H,24,28)/t18-,19+,20-/m0/s1. The SMILES string of the molecule is C[C@@H]1C[C@H](C)CN(C(=O)[C@H](C)N2CCN(CC(=O)NCc3ccccc3)CC2)C1. The van der Waals surface area contributed by atoms with E-state index in [9.17, 15) is 9.59 Å². The second kappa shape index (κ2) is 10.2. The van der Waals surface area contributed by atoms with Gasteiger partial charge in [-0.1, -0.05) is 44.2 Å². The van der Waals surface area contributed by atoms with Crippen molar-refractivity contribution in [2.75, 3.05) is 45.8 Å². The molecule has 0 saturated carbocycles. The second-order valence-electron chi connectivity index (χ2n) is 8.94. The predicted molar refractivity (Wildman–Crippen MR) is 115 cm³/mol. The molecular weight excluding hydrogens is 364 g/mol. The van der Waals surface area contributed by atoms with Gasteiger partial charge in [-0.2, -0.15) is 0 Å². The van der Waals surface area contributed by atoms with Crippen molar-refractivity contribution >= 4 is 11.8 Å². The molecule has 2 aliphatic rings. The summed E-state index contributed by atoms with van der Waals surface area (Å²) in [6.07, 6.45) is 1.21. The van der Waals surface area contributed by atoms with Gasteiger partial charge in [-0.15, -0.1) is 0 Å². The average molecular weight is 401 g/mol. The highest BCUT2D eigenvalue weighted by molar-refractivity contribution is 5.81. The van der Waals surface area contributed by atoms with Crippen LogP contribution in [0, 0.1) is 11.8 Å². The van der Waals surface area contributed by atoms with E-state index in [0.29, 0.717) is 24.9 Å². The normalized spacial score (nSPS) is 24.9. The van der Waals surface area contributed by atoms with Gasteiger partial charge in [0.15, 0.2) is 0 Å². The topological polar surface area (TPSA) is 55.9 Å². The molecule has 3 atom stereocenters. The van der Waals surface area contributed by atoms with E-state index in [4.69, 9.17) is 0 Å². The summed E-state index contributed by atoms with van der Waals surface area (Å²) in [7, 11) is 0. The van der Waals surface area contributed by atoms with Gasteiger partial charge in [0.1, 0.15) is 0 Å². The second-order valence-corrected chi connectivity index (χ2v) is 8.94. The zero-order valence-corrected chi connectivity index (χ0v) is 18.1. The number of nitrogens with one attached hydrogen (secondary N) is 1. The number of nitrogens with zero attached hydrogens (tertiary/aromatic N) is 3. The van der Waals surface area contributed by atoms with Gasteiger partial charge in [0.2, 0.25) is 11.8 Å². The summed E-state index contributed by atoms with van der Waals surface area (Å²) in [6, 6.07) is 9.88. The fourth-order valence-corrected chi connectivity index (χ4v) is 4.63. The zero-order valence-electron chi connectivity index (χ0n) is 18.1. The van der Waals surface area contributed by atoms with Gasteiger partial charge in [0, 0.05) is 45.8 Å². The van der Waals surface area contributed by atoms with Gasteiger partial charge in [0.25, 0.3) is 0 Å². The highest BCUT2D eigenvalue weighted by atomic mass is 16.2. The number of piperidine rings is 1. The monoisotopic (exact) mass is 400 g/mol. The Morgan fingerprint density at radius 3 is 2.28 bits per heavy atom. The minimum Gasteiger partial charge on any atom is -0.351 e. The molecule has 2 aliphatic heterocycles. The van der Waals surface area contributed by atoms with Crippen molar-refractivity contribution < 1.29 is 9.59 Å². The Bertz CT molecular complexity index is 663. The third-order valence-corrected chi connectivity index (χ3v) is 6.19. The molecule has 0 radical (unpaired) electrons. The van der Waals surface area contributed by atoms with E-state index in [2.05, 4.69) is 33.9 Å². The number of amides is 2. The van der Waals surface area contributed by atoms with Crippen LogP contribution in [0.5, 0.6) is 0 Å². The summed E-state index contributed by atoms with van der Waals surface area (Å²) in [5.74, 6) is 1.49. The van der Waals surface area contributed by atoms with Gasteiger partial charge in [-0.25, -0.2) is 0 Å². The van der Waals surface area contributed by atoms with E-state index in [1.54, 1.807) is 0 Å². The first-order valence-electron chi connectivity index (χ1n) is 11.0. The summed E-state index contributed by atoms with van der Waals surface area (Å²) in [5, 5.41) is 2.99. The van der Waals surface area contributed by atoms with Gasteiger partial charge >= 0.3 is 0 Å². The molecule has 3 rings (SSSR count). The molecule has 1 N–H and O–H groups in total. The van der Waals surface area contributed by atoms with Crippen LogP contribution < -0.4 is 5.32 Å². The van der Waals surface area contributed by atoms with Crippen molar-refractivity contribution in [3.8, 4) is 0 Å². The Morgan fingerprint density at radius 1 is 1.03 bits per heavy atom. The number of piperazine rings is 1. The quantitative estimate of drug-likeness (QED) is 0.791. The Hall–Kier alpha value is -1.92. The molecule has 2 amide bonds. The maximum Gasteiger partial charge on any atom is 0.239 e. The van der Waals surface area contributed by atoms with Crippen molar-refractivity contribution in [3.05, 3.63) is 35.9 Å². The Balaban J connectivity index is 1.40. The molecule has 1 aromatic rings. The molecule has 6 heteroatoms. The van der Waals surface area contributed by atoms with Crippen LogP contribution in [0.25, 0.3) is 0 Å². The molecule has 0 unspecified atom stereocenters. The van der Waals surface area contributed by atoms with Crippen molar-refractivity contribution in [3.63, 3.8) is 0 Å². The first-order valence-corrected chi connectivity index (χ1v) is 11.0. The number of rotatable bonds is 6. The van der Waals surface area contributed by atoms with Crippen LogP contribution in [0.3, 0.4) is 0 Å². The summed E-state index contributed by atoms with van der Waals surface area (Å²) in [5.41, 5.74) is 1.11. The summed E-state index contributed by atoms with van der Waals surface area (Å²) in [6.45, 7) is 12.6. The summed E-state index contributed by atoms with van der Waals surface area (Å²) >= 11 is 0. The Kier molecular flexibility index (Phi) is 7.67. The zero-order chi connectivity index (χ0) is 20.8. The van der Waals surface area contributed by atoms with Crippen LogP contribution in [-0.2, 0) is 16.1 Å². The van der Waals surface area contributed by atoms with Gasteiger partial charge in [-0.05, 0) is 30.7 Å². The van der Waals surface area contributed by atoms with Crippen LogP contribution >= 0.6 is 0 Å². The predicted octanol–water partition coefficient (Wildman–Crippen LogP) is 1.81. The van der Waals surface area contributed by atoms with Gasteiger partial charge in [-0.3, -0.25) is 19.4 Å². The maximum absolute atomic E-state index is 13.0. The number of hydrogen-bond donors (Lipinski definition) is 1. The van der Waals surface area contributed by atoms with E-state index >= 15 is 0 Å². The molecule has 29 heavy (non-hydrogen) atoms.